The smallest absolute Gasteiger partial charge is 0.339 e. The Labute approximate surface area is 152 Å². The summed E-state index contributed by atoms with van der Waals surface area (Å²) >= 11 is 0. The summed E-state index contributed by atoms with van der Waals surface area (Å²) in [6.07, 6.45) is 2.57. The minimum atomic E-state index is -0.405. The summed E-state index contributed by atoms with van der Waals surface area (Å²) in [6, 6.07) is 16.9. The first-order valence-corrected chi connectivity index (χ1v) is 8.33. The minimum Gasteiger partial charge on any atom is -0.465 e. The van der Waals surface area contributed by atoms with E-state index in [0.29, 0.717) is 23.0 Å². The molecule has 2 N–H and O–H groups in total. The van der Waals surface area contributed by atoms with Crippen LogP contribution in [-0.4, -0.2) is 23.0 Å². The molecule has 0 aliphatic heterocycles. The SMILES string of the molecule is CCc1ccccc1Nc1nccc(Nc2ccccc2C(=O)OC)n1. The molecule has 26 heavy (non-hydrogen) atoms. The molecule has 0 spiro atoms. The summed E-state index contributed by atoms with van der Waals surface area (Å²) < 4.78 is 4.82. The van der Waals surface area contributed by atoms with E-state index in [1.165, 1.54) is 12.7 Å². The van der Waals surface area contributed by atoms with E-state index in [4.69, 9.17) is 4.74 Å². The summed E-state index contributed by atoms with van der Waals surface area (Å²) in [7, 11) is 1.36. The maximum atomic E-state index is 11.9. The highest BCUT2D eigenvalue weighted by Gasteiger charge is 2.12. The van der Waals surface area contributed by atoms with E-state index in [-0.39, 0.29) is 0 Å². The Morgan fingerprint density at radius 1 is 1.00 bits per heavy atom. The predicted octanol–water partition coefficient (Wildman–Crippen LogP) is 4.31. The normalized spacial score (nSPS) is 10.2. The molecule has 0 aliphatic carbocycles. The van der Waals surface area contributed by atoms with Gasteiger partial charge in [-0.25, -0.2) is 9.78 Å². The predicted molar refractivity (Wildman–Crippen MR) is 102 cm³/mol. The zero-order chi connectivity index (χ0) is 18.4. The van der Waals surface area contributed by atoms with Gasteiger partial charge in [0.2, 0.25) is 5.95 Å². The molecule has 0 saturated carbocycles. The van der Waals surface area contributed by atoms with Gasteiger partial charge in [0.05, 0.1) is 18.4 Å². The summed E-state index contributed by atoms with van der Waals surface area (Å²) in [5, 5.41) is 6.39. The average molecular weight is 348 g/mol. The molecule has 6 heteroatoms. The van der Waals surface area contributed by atoms with E-state index in [1.54, 1.807) is 30.5 Å². The third-order valence-corrected chi connectivity index (χ3v) is 3.90. The van der Waals surface area contributed by atoms with Gasteiger partial charge in [-0.1, -0.05) is 37.3 Å². The molecule has 0 bridgehead atoms. The molecule has 1 aromatic heterocycles. The van der Waals surface area contributed by atoms with Gasteiger partial charge in [-0.15, -0.1) is 0 Å². The van der Waals surface area contributed by atoms with Crippen molar-refractivity contribution in [2.24, 2.45) is 0 Å². The highest BCUT2D eigenvalue weighted by atomic mass is 16.5. The van der Waals surface area contributed by atoms with E-state index in [1.807, 2.05) is 24.3 Å². The van der Waals surface area contributed by atoms with Gasteiger partial charge >= 0.3 is 5.97 Å². The van der Waals surface area contributed by atoms with Gasteiger partial charge < -0.3 is 15.4 Å². The van der Waals surface area contributed by atoms with E-state index >= 15 is 0 Å². The number of para-hydroxylation sites is 2. The molecular formula is C20H20N4O2. The first-order chi connectivity index (χ1) is 12.7. The van der Waals surface area contributed by atoms with Gasteiger partial charge in [-0.3, -0.25) is 0 Å². The monoisotopic (exact) mass is 348 g/mol. The Kier molecular flexibility index (Phi) is 5.43. The molecule has 0 amide bonds. The number of aromatic nitrogens is 2. The molecule has 0 atom stereocenters. The molecule has 2 aromatic carbocycles. The summed E-state index contributed by atoms with van der Waals surface area (Å²) in [6.45, 7) is 2.10. The topological polar surface area (TPSA) is 76.1 Å². The second-order valence-electron chi connectivity index (χ2n) is 5.56. The first kappa shape index (κ1) is 17.4. The van der Waals surface area contributed by atoms with Crippen LogP contribution in [-0.2, 0) is 11.2 Å². The van der Waals surface area contributed by atoms with Crippen LogP contribution in [0.2, 0.25) is 0 Å². The zero-order valence-electron chi connectivity index (χ0n) is 14.7. The quantitative estimate of drug-likeness (QED) is 0.646. The largest absolute Gasteiger partial charge is 0.465 e. The Morgan fingerprint density at radius 3 is 2.50 bits per heavy atom. The first-order valence-electron chi connectivity index (χ1n) is 8.33. The van der Waals surface area contributed by atoms with Gasteiger partial charge in [-0.05, 0) is 36.2 Å². The lowest BCUT2D eigenvalue weighted by Gasteiger charge is -2.12. The number of aryl methyl sites for hydroxylation is 1. The van der Waals surface area contributed by atoms with Crippen molar-refractivity contribution in [3.63, 3.8) is 0 Å². The van der Waals surface area contributed by atoms with Crippen LogP contribution < -0.4 is 10.6 Å². The van der Waals surface area contributed by atoms with Gasteiger partial charge in [0, 0.05) is 11.9 Å². The summed E-state index contributed by atoms with van der Waals surface area (Å²) in [5.74, 6) is 0.650. The molecule has 0 unspecified atom stereocenters. The number of benzene rings is 2. The van der Waals surface area contributed by atoms with E-state index in [9.17, 15) is 4.79 Å². The number of hydrogen-bond donors (Lipinski definition) is 2. The Morgan fingerprint density at radius 2 is 1.73 bits per heavy atom. The zero-order valence-corrected chi connectivity index (χ0v) is 14.7. The number of anilines is 4. The number of nitrogens with one attached hydrogen (secondary N) is 2. The second-order valence-corrected chi connectivity index (χ2v) is 5.56. The van der Waals surface area contributed by atoms with Crippen molar-refractivity contribution in [2.75, 3.05) is 17.7 Å². The van der Waals surface area contributed by atoms with Gasteiger partial charge in [-0.2, -0.15) is 4.98 Å². The molecule has 0 aliphatic rings. The fourth-order valence-corrected chi connectivity index (χ4v) is 2.58. The van der Waals surface area contributed by atoms with Crippen molar-refractivity contribution in [3.8, 4) is 0 Å². The fourth-order valence-electron chi connectivity index (χ4n) is 2.58. The van der Waals surface area contributed by atoms with Crippen molar-refractivity contribution in [2.45, 2.75) is 13.3 Å². The van der Waals surface area contributed by atoms with Crippen LogP contribution in [0.15, 0.2) is 60.8 Å². The van der Waals surface area contributed by atoms with Crippen molar-refractivity contribution in [1.29, 1.82) is 0 Å². The van der Waals surface area contributed by atoms with Crippen LogP contribution in [0, 0.1) is 0 Å². The Bertz CT molecular complexity index is 912. The molecule has 1 heterocycles. The lowest BCUT2D eigenvalue weighted by molar-refractivity contribution is 0.0602. The summed E-state index contributed by atoms with van der Waals surface area (Å²) in [5.41, 5.74) is 3.23. The van der Waals surface area contributed by atoms with Crippen LogP contribution in [0.5, 0.6) is 0 Å². The van der Waals surface area contributed by atoms with Crippen molar-refractivity contribution in [3.05, 3.63) is 71.9 Å². The fraction of sp³-hybridized carbons (Fsp3) is 0.150. The second kappa shape index (κ2) is 8.11. The third kappa shape index (κ3) is 3.97. The van der Waals surface area contributed by atoms with Gasteiger partial charge in [0.1, 0.15) is 5.82 Å². The molecule has 0 saturated heterocycles. The number of carbonyl (C=O) groups is 1. The van der Waals surface area contributed by atoms with Crippen LogP contribution in [0.3, 0.4) is 0 Å². The van der Waals surface area contributed by atoms with Crippen molar-refractivity contribution < 1.29 is 9.53 Å². The highest BCUT2D eigenvalue weighted by Crippen LogP contribution is 2.23. The van der Waals surface area contributed by atoms with E-state index in [0.717, 1.165) is 12.1 Å². The van der Waals surface area contributed by atoms with Crippen LogP contribution in [0.25, 0.3) is 0 Å². The third-order valence-electron chi connectivity index (χ3n) is 3.90. The molecular weight excluding hydrogens is 328 g/mol. The molecule has 3 rings (SSSR count). The average Bonchev–Trinajstić information content (AvgIpc) is 2.68. The highest BCUT2D eigenvalue weighted by molar-refractivity contribution is 5.96. The number of methoxy groups -OCH3 is 1. The number of esters is 1. The maximum absolute atomic E-state index is 11.9. The number of carbonyl (C=O) groups excluding carboxylic acids is 1. The van der Waals surface area contributed by atoms with Crippen LogP contribution >= 0.6 is 0 Å². The van der Waals surface area contributed by atoms with Crippen molar-refractivity contribution in [1.82, 2.24) is 9.97 Å². The molecule has 3 aromatic rings. The Hall–Kier alpha value is -3.41. The number of nitrogens with zero attached hydrogens (tertiary/aromatic N) is 2. The lowest BCUT2D eigenvalue weighted by atomic mass is 10.1. The Balaban J connectivity index is 1.84. The van der Waals surface area contributed by atoms with E-state index < -0.39 is 5.97 Å². The lowest BCUT2D eigenvalue weighted by Crippen LogP contribution is -2.07. The number of hydrogen-bond acceptors (Lipinski definition) is 6. The van der Waals surface area contributed by atoms with Gasteiger partial charge in [0.25, 0.3) is 0 Å². The standard InChI is InChI=1S/C20H20N4O2/c1-3-14-8-4-6-10-16(14)23-20-21-13-12-18(24-20)22-17-11-7-5-9-15(17)19(25)26-2/h4-13H,3H2,1-2H3,(H2,21,22,23,24). The summed E-state index contributed by atoms with van der Waals surface area (Å²) in [4.78, 5) is 20.6. The molecule has 132 valence electrons. The van der Waals surface area contributed by atoms with E-state index in [2.05, 4.69) is 33.6 Å². The number of rotatable bonds is 6. The minimum absolute atomic E-state index is 0.405. The van der Waals surface area contributed by atoms with Crippen LogP contribution in [0.4, 0.5) is 23.1 Å². The van der Waals surface area contributed by atoms with Gasteiger partial charge in [0.15, 0.2) is 0 Å². The molecule has 6 nitrogen and oxygen atoms in total. The molecule has 0 radical (unpaired) electrons. The van der Waals surface area contributed by atoms with Crippen LogP contribution in [0.1, 0.15) is 22.8 Å². The number of ether oxygens (including phenoxy) is 1. The maximum Gasteiger partial charge on any atom is 0.339 e. The van der Waals surface area contributed by atoms with Crippen molar-refractivity contribution >= 4 is 29.1 Å². The molecule has 0 fully saturated rings.